The summed E-state index contributed by atoms with van der Waals surface area (Å²) in [7, 11) is 0. The van der Waals surface area contributed by atoms with Gasteiger partial charge in [0, 0.05) is 13.1 Å². The molecule has 1 atom stereocenters. The van der Waals surface area contributed by atoms with Gasteiger partial charge in [-0.05, 0) is 32.6 Å². The second-order valence-electron chi connectivity index (χ2n) is 5.72. The highest BCUT2D eigenvalue weighted by atomic mass is 19.4. The number of piperidine rings is 1. The summed E-state index contributed by atoms with van der Waals surface area (Å²) in [5, 5.41) is 11.9. The third-order valence-electron chi connectivity index (χ3n) is 4.07. The van der Waals surface area contributed by atoms with Gasteiger partial charge in [0.1, 0.15) is 5.76 Å². The maximum atomic E-state index is 12.5. The number of rotatable bonds is 3. The van der Waals surface area contributed by atoms with Crippen LogP contribution in [0.25, 0.3) is 0 Å². The topological polar surface area (TPSA) is 78.6 Å². The minimum atomic E-state index is -4.62. The van der Waals surface area contributed by atoms with E-state index in [4.69, 9.17) is 4.42 Å². The molecule has 1 aliphatic rings. The van der Waals surface area contributed by atoms with Crippen molar-refractivity contribution in [1.29, 1.82) is 0 Å². The molecule has 1 fully saturated rings. The average molecular weight is 335 g/mol. The summed E-state index contributed by atoms with van der Waals surface area (Å²) in [6.45, 7) is 4.03. The van der Waals surface area contributed by atoms with Crippen molar-refractivity contribution in [2.75, 3.05) is 13.1 Å². The standard InChI is InChI=1S/C14H20F3N3O3/c1-8-9(2)23-11(19-8)7-18-13(22)20-5-3-10(4-6-20)12(21)14(15,16)17/h10,12,21H,3-7H2,1-2H3,(H,18,22)/t12-/m1/s1. The SMILES string of the molecule is Cc1nc(CNC(=O)N2CCC([C@@H](O)C(F)(F)F)CC2)oc1C. The molecule has 0 bridgehead atoms. The van der Waals surface area contributed by atoms with Gasteiger partial charge in [0.15, 0.2) is 6.10 Å². The van der Waals surface area contributed by atoms with Crippen LogP contribution in [-0.2, 0) is 6.54 Å². The molecule has 0 aliphatic carbocycles. The number of aryl methyl sites for hydroxylation is 2. The first-order valence-electron chi connectivity index (χ1n) is 7.39. The third kappa shape index (κ3) is 4.37. The number of alkyl halides is 3. The first kappa shape index (κ1) is 17.6. The van der Waals surface area contributed by atoms with Gasteiger partial charge in [-0.1, -0.05) is 0 Å². The summed E-state index contributed by atoms with van der Waals surface area (Å²) in [6, 6.07) is -0.376. The molecule has 6 nitrogen and oxygen atoms in total. The first-order chi connectivity index (χ1) is 10.7. The molecule has 9 heteroatoms. The van der Waals surface area contributed by atoms with Crippen molar-refractivity contribution in [3.63, 3.8) is 0 Å². The summed E-state index contributed by atoms with van der Waals surface area (Å²) >= 11 is 0. The minimum absolute atomic E-state index is 0.116. The van der Waals surface area contributed by atoms with Crippen molar-refractivity contribution in [2.45, 2.75) is 45.5 Å². The summed E-state index contributed by atoms with van der Waals surface area (Å²) in [5.74, 6) is 0.197. The van der Waals surface area contributed by atoms with Crippen LogP contribution in [0.2, 0.25) is 0 Å². The van der Waals surface area contributed by atoms with E-state index >= 15 is 0 Å². The number of aliphatic hydroxyl groups excluding tert-OH is 1. The second kappa shape index (κ2) is 6.77. The van der Waals surface area contributed by atoms with Gasteiger partial charge in [-0.25, -0.2) is 9.78 Å². The van der Waals surface area contributed by atoms with Gasteiger partial charge in [0.05, 0.1) is 12.2 Å². The van der Waals surface area contributed by atoms with Gasteiger partial charge in [0.25, 0.3) is 0 Å². The Hall–Kier alpha value is -1.77. The molecule has 1 aromatic rings. The normalized spacial score (nSPS) is 18.1. The Morgan fingerprint density at radius 2 is 2.04 bits per heavy atom. The van der Waals surface area contributed by atoms with Gasteiger partial charge in [0.2, 0.25) is 5.89 Å². The summed E-state index contributed by atoms with van der Waals surface area (Å²) in [6.07, 6.45) is -6.71. The van der Waals surface area contributed by atoms with E-state index in [1.54, 1.807) is 13.8 Å². The Kier molecular flexibility index (Phi) is 5.18. The van der Waals surface area contributed by atoms with Crippen LogP contribution >= 0.6 is 0 Å². The highest BCUT2D eigenvalue weighted by Crippen LogP contribution is 2.31. The zero-order valence-electron chi connectivity index (χ0n) is 13.0. The highest BCUT2D eigenvalue weighted by Gasteiger charge is 2.44. The number of aliphatic hydroxyl groups is 1. The van der Waals surface area contributed by atoms with Gasteiger partial charge in [-0.15, -0.1) is 0 Å². The molecule has 0 aromatic carbocycles. The number of nitrogens with one attached hydrogen (secondary N) is 1. The van der Waals surface area contributed by atoms with Gasteiger partial charge in [-0.3, -0.25) is 0 Å². The smallest absolute Gasteiger partial charge is 0.414 e. The Labute approximate surface area is 131 Å². The number of aromatic nitrogens is 1. The Morgan fingerprint density at radius 1 is 1.43 bits per heavy atom. The lowest BCUT2D eigenvalue weighted by atomic mass is 9.91. The molecular weight excluding hydrogens is 315 g/mol. The number of hydrogen-bond acceptors (Lipinski definition) is 4. The van der Waals surface area contributed by atoms with Gasteiger partial charge >= 0.3 is 12.2 Å². The lowest BCUT2D eigenvalue weighted by Gasteiger charge is -2.34. The molecule has 2 rings (SSSR count). The van der Waals surface area contributed by atoms with Crippen LogP contribution in [0.15, 0.2) is 4.42 Å². The molecule has 0 saturated carbocycles. The lowest BCUT2D eigenvalue weighted by Crippen LogP contribution is -2.48. The van der Waals surface area contributed by atoms with Crippen LogP contribution < -0.4 is 5.32 Å². The van der Waals surface area contributed by atoms with E-state index in [0.29, 0.717) is 11.7 Å². The molecule has 2 heterocycles. The molecule has 2 N–H and O–H groups in total. The van der Waals surface area contributed by atoms with Crippen molar-refractivity contribution in [3.8, 4) is 0 Å². The quantitative estimate of drug-likeness (QED) is 0.887. The number of carbonyl (C=O) groups is 1. The Bertz CT molecular complexity index is 532. The molecule has 0 unspecified atom stereocenters. The number of likely N-dealkylation sites (tertiary alicyclic amines) is 1. The number of halogens is 3. The summed E-state index contributed by atoms with van der Waals surface area (Å²) in [4.78, 5) is 17.6. The largest absolute Gasteiger partial charge is 0.444 e. The molecule has 23 heavy (non-hydrogen) atoms. The Balaban J connectivity index is 1.79. The molecule has 1 aliphatic heterocycles. The van der Waals surface area contributed by atoms with Gasteiger partial charge < -0.3 is 19.7 Å². The van der Waals surface area contributed by atoms with E-state index in [1.165, 1.54) is 4.90 Å². The van der Waals surface area contributed by atoms with Crippen LogP contribution in [0.4, 0.5) is 18.0 Å². The molecule has 1 saturated heterocycles. The number of amides is 2. The van der Waals surface area contributed by atoms with Crippen molar-refractivity contribution in [3.05, 3.63) is 17.3 Å². The molecule has 130 valence electrons. The van der Waals surface area contributed by atoms with Gasteiger partial charge in [-0.2, -0.15) is 13.2 Å². The predicted molar refractivity (Wildman–Crippen MR) is 74.6 cm³/mol. The van der Waals surface area contributed by atoms with E-state index < -0.39 is 18.2 Å². The van der Waals surface area contributed by atoms with Crippen molar-refractivity contribution >= 4 is 6.03 Å². The maximum Gasteiger partial charge on any atom is 0.414 e. The van der Waals surface area contributed by atoms with Crippen molar-refractivity contribution in [2.24, 2.45) is 5.92 Å². The first-order valence-corrected chi connectivity index (χ1v) is 7.39. The fourth-order valence-corrected chi connectivity index (χ4v) is 2.56. The van der Waals surface area contributed by atoms with Crippen LogP contribution in [0, 0.1) is 19.8 Å². The van der Waals surface area contributed by atoms with E-state index in [1.807, 2.05) is 0 Å². The lowest BCUT2D eigenvalue weighted by molar-refractivity contribution is -0.222. The van der Waals surface area contributed by atoms with E-state index in [-0.39, 0.29) is 38.5 Å². The van der Waals surface area contributed by atoms with Crippen LogP contribution in [0.1, 0.15) is 30.2 Å². The fourth-order valence-electron chi connectivity index (χ4n) is 2.56. The summed E-state index contributed by atoms with van der Waals surface area (Å²) < 4.78 is 42.8. The zero-order chi connectivity index (χ0) is 17.2. The number of nitrogens with zero attached hydrogens (tertiary/aromatic N) is 2. The summed E-state index contributed by atoms with van der Waals surface area (Å²) in [5.41, 5.74) is 0.746. The number of urea groups is 1. The molecule has 1 aromatic heterocycles. The van der Waals surface area contributed by atoms with Crippen LogP contribution in [0.3, 0.4) is 0 Å². The number of oxazole rings is 1. The minimum Gasteiger partial charge on any atom is -0.444 e. The zero-order valence-corrected chi connectivity index (χ0v) is 13.0. The molecule has 2 amide bonds. The molecular formula is C14H20F3N3O3. The second-order valence-corrected chi connectivity index (χ2v) is 5.72. The maximum absolute atomic E-state index is 12.5. The van der Waals surface area contributed by atoms with Crippen molar-refractivity contribution < 1.29 is 27.5 Å². The third-order valence-corrected chi connectivity index (χ3v) is 4.07. The Morgan fingerprint density at radius 3 is 2.52 bits per heavy atom. The molecule has 0 spiro atoms. The highest BCUT2D eigenvalue weighted by molar-refractivity contribution is 5.74. The van der Waals surface area contributed by atoms with E-state index in [9.17, 15) is 23.1 Å². The molecule has 0 radical (unpaired) electrons. The average Bonchev–Trinajstić information content (AvgIpc) is 2.82. The number of carbonyl (C=O) groups excluding carboxylic acids is 1. The predicted octanol–water partition coefficient (Wildman–Crippen LogP) is 2.14. The van der Waals surface area contributed by atoms with E-state index in [0.717, 1.165) is 5.69 Å². The fraction of sp³-hybridized carbons (Fsp3) is 0.714. The monoisotopic (exact) mass is 335 g/mol. The number of hydrogen-bond donors (Lipinski definition) is 2. The van der Waals surface area contributed by atoms with Crippen molar-refractivity contribution in [1.82, 2.24) is 15.2 Å². The van der Waals surface area contributed by atoms with E-state index in [2.05, 4.69) is 10.3 Å². The van der Waals surface area contributed by atoms with Crippen LogP contribution in [-0.4, -0.2) is 46.4 Å². The van der Waals surface area contributed by atoms with Crippen LogP contribution in [0.5, 0.6) is 0 Å².